The molecule has 21 heavy (non-hydrogen) atoms. The number of likely N-dealkylation sites (N-methyl/N-ethyl adjacent to an activating group) is 1. The number of hydrogen-bond acceptors (Lipinski definition) is 4. The van der Waals surface area contributed by atoms with Crippen molar-refractivity contribution < 1.29 is 4.79 Å². The number of nitrogens with one attached hydrogen (secondary N) is 1. The molecule has 116 valence electrons. The molecule has 1 heterocycles. The van der Waals surface area contributed by atoms with Crippen molar-refractivity contribution in [1.82, 2.24) is 9.80 Å². The number of anilines is 2. The molecular formula is C16H26N4O. The van der Waals surface area contributed by atoms with Gasteiger partial charge in [-0.15, -0.1) is 0 Å². The van der Waals surface area contributed by atoms with Crippen LogP contribution in [-0.2, 0) is 0 Å². The van der Waals surface area contributed by atoms with Crippen molar-refractivity contribution in [3.05, 3.63) is 23.8 Å². The molecule has 5 nitrogen and oxygen atoms in total. The van der Waals surface area contributed by atoms with Gasteiger partial charge in [-0.05, 0) is 44.6 Å². The number of piperidine rings is 1. The topological polar surface area (TPSA) is 61.6 Å². The van der Waals surface area contributed by atoms with Gasteiger partial charge >= 0.3 is 0 Å². The van der Waals surface area contributed by atoms with Crippen LogP contribution in [0.3, 0.4) is 0 Å². The molecule has 1 aromatic rings. The van der Waals surface area contributed by atoms with E-state index in [4.69, 9.17) is 5.73 Å². The summed E-state index contributed by atoms with van der Waals surface area (Å²) in [6.45, 7) is 2.06. The third kappa shape index (κ3) is 3.88. The van der Waals surface area contributed by atoms with Crippen LogP contribution >= 0.6 is 0 Å². The van der Waals surface area contributed by atoms with Crippen LogP contribution in [0, 0.1) is 0 Å². The van der Waals surface area contributed by atoms with Gasteiger partial charge in [-0.1, -0.05) is 6.42 Å². The second kappa shape index (κ2) is 6.80. The van der Waals surface area contributed by atoms with Crippen LogP contribution in [0.5, 0.6) is 0 Å². The summed E-state index contributed by atoms with van der Waals surface area (Å²) in [5.41, 5.74) is 8.22. The second-order valence-corrected chi connectivity index (χ2v) is 6.01. The Kier molecular flexibility index (Phi) is 5.07. The van der Waals surface area contributed by atoms with E-state index in [0.29, 0.717) is 17.3 Å². The molecule has 1 aromatic carbocycles. The average Bonchev–Trinajstić information content (AvgIpc) is 2.46. The lowest BCUT2D eigenvalue weighted by molar-refractivity contribution is 0.0827. The summed E-state index contributed by atoms with van der Waals surface area (Å²) >= 11 is 0. The van der Waals surface area contributed by atoms with Crippen molar-refractivity contribution in [2.45, 2.75) is 25.3 Å². The van der Waals surface area contributed by atoms with Crippen molar-refractivity contribution in [2.24, 2.45) is 0 Å². The zero-order valence-corrected chi connectivity index (χ0v) is 13.2. The Labute approximate surface area is 127 Å². The molecule has 1 unspecified atom stereocenters. The van der Waals surface area contributed by atoms with E-state index in [1.54, 1.807) is 25.1 Å². The first kappa shape index (κ1) is 15.6. The van der Waals surface area contributed by atoms with Crippen molar-refractivity contribution in [2.75, 3.05) is 45.3 Å². The summed E-state index contributed by atoms with van der Waals surface area (Å²) in [6, 6.07) is 6.02. The maximum absolute atomic E-state index is 11.9. The second-order valence-electron chi connectivity index (χ2n) is 6.01. The molecule has 0 saturated carbocycles. The van der Waals surface area contributed by atoms with Gasteiger partial charge in [0.15, 0.2) is 0 Å². The van der Waals surface area contributed by atoms with E-state index in [1.165, 1.54) is 19.3 Å². The molecule has 5 heteroatoms. The first-order valence-corrected chi connectivity index (χ1v) is 7.54. The van der Waals surface area contributed by atoms with E-state index in [0.717, 1.165) is 18.8 Å². The molecular weight excluding hydrogens is 264 g/mol. The highest BCUT2D eigenvalue weighted by molar-refractivity contribution is 5.95. The highest BCUT2D eigenvalue weighted by atomic mass is 16.2. The molecule has 2 rings (SSSR count). The third-order valence-electron chi connectivity index (χ3n) is 4.15. The highest BCUT2D eigenvalue weighted by Crippen LogP contribution is 2.22. The zero-order valence-electron chi connectivity index (χ0n) is 13.2. The molecule has 1 saturated heterocycles. The van der Waals surface area contributed by atoms with E-state index >= 15 is 0 Å². The Morgan fingerprint density at radius 1 is 1.43 bits per heavy atom. The largest absolute Gasteiger partial charge is 0.397 e. The predicted octanol–water partition coefficient (Wildman–Crippen LogP) is 1.87. The van der Waals surface area contributed by atoms with Crippen molar-refractivity contribution >= 4 is 17.3 Å². The molecule has 0 radical (unpaired) electrons. The SMILES string of the molecule is CN(C)C(=O)c1ccc(NCC2CCCCN2C)c(N)c1. The lowest BCUT2D eigenvalue weighted by atomic mass is 10.0. The number of hydrogen-bond donors (Lipinski definition) is 2. The first-order valence-electron chi connectivity index (χ1n) is 7.54. The summed E-state index contributed by atoms with van der Waals surface area (Å²) in [5.74, 6) is -0.0275. The van der Waals surface area contributed by atoms with E-state index in [-0.39, 0.29) is 5.91 Å². The smallest absolute Gasteiger partial charge is 0.253 e. The van der Waals surface area contributed by atoms with Gasteiger partial charge in [0.05, 0.1) is 11.4 Å². The number of likely N-dealkylation sites (tertiary alicyclic amines) is 1. The highest BCUT2D eigenvalue weighted by Gasteiger charge is 2.18. The fraction of sp³-hybridized carbons (Fsp3) is 0.562. The zero-order chi connectivity index (χ0) is 15.4. The molecule has 0 aliphatic carbocycles. The Morgan fingerprint density at radius 2 is 2.19 bits per heavy atom. The minimum Gasteiger partial charge on any atom is -0.397 e. The average molecular weight is 290 g/mol. The number of carbonyl (C=O) groups excluding carboxylic acids is 1. The number of carbonyl (C=O) groups is 1. The van der Waals surface area contributed by atoms with Gasteiger partial charge in [-0.25, -0.2) is 0 Å². The minimum atomic E-state index is -0.0275. The van der Waals surface area contributed by atoms with E-state index in [9.17, 15) is 4.79 Å². The number of rotatable bonds is 4. The van der Waals surface area contributed by atoms with Gasteiger partial charge in [-0.3, -0.25) is 4.79 Å². The van der Waals surface area contributed by atoms with Crippen LogP contribution < -0.4 is 11.1 Å². The lowest BCUT2D eigenvalue weighted by Crippen LogP contribution is -2.40. The van der Waals surface area contributed by atoms with Gasteiger partial charge in [0.25, 0.3) is 5.91 Å². The monoisotopic (exact) mass is 290 g/mol. The van der Waals surface area contributed by atoms with Gasteiger partial charge in [-0.2, -0.15) is 0 Å². The number of benzene rings is 1. The van der Waals surface area contributed by atoms with Gasteiger partial charge in [0.1, 0.15) is 0 Å². The molecule has 1 fully saturated rings. The first-order chi connectivity index (χ1) is 9.99. The Hall–Kier alpha value is -1.75. The normalized spacial score (nSPS) is 19.3. The van der Waals surface area contributed by atoms with Crippen LogP contribution in [0.15, 0.2) is 18.2 Å². The maximum Gasteiger partial charge on any atom is 0.253 e. The van der Waals surface area contributed by atoms with Gasteiger partial charge in [0, 0.05) is 32.2 Å². The van der Waals surface area contributed by atoms with Crippen LogP contribution in [-0.4, -0.2) is 56.0 Å². The number of amides is 1. The molecule has 0 spiro atoms. The van der Waals surface area contributed by atoms with E-state index in [2.05, 4.69) is 17.3 Å². The molecule has 1 atom stereocenters. The van der Waals surface area contributed by atoms with E-state index < -0.39 is 0 Å². The van der Waals surface area contributed by atoms with Crippen LogP contribution in [0.1, 0.15) is 29.6 Å². The predicted molar refractivity (Wildman–Crippen MR) is 87.6 cm³/mol. The van der Waals surface area contributed by atoms with Gasteiger partial charge in [0.2, 0.25) is 0 Å². The number of nitrogens with two attached hydrogens (primary N) is 1. The molecule has 1 aliphatic heterocycles. The fourth-order valence-corrected chi connectivity index (χ4v) is 2.74. The summed E-state index contributed by atoms with van der Waals surface area (Å²) in [7, 11) is 5.65. The number of nitrogen functional groups attached to an aromatic ring is 1. The summed E-state index contributed by atoms with van der Waals surface area (Å²) in [6.07, 6.45) is 3.81. The van der Waals surface area contributed by atoms with Crippen molar-refractivity contribution in [3.63, 3.8) is 0 Å². The summed E-state index contributed by atoms with van der Waals surface area (Å²) in [5, 5.41) is 3.42. The Bertz CT molecular complexity index is 501. The molecule has 0 bridgehead atoms. The third-order valence-corrected chi connectivity index (χ3v) is 4.15. The van der Waals surface area contributed by atoms with Crippen LogP contribution in [0.4, 0.5) is 11.4 Å². The van der Waals surface area contributed by atoms with Crippen LogP contribution in [0.25, 0.3) is 0 Å². The maximum atomic E-state index is 11.9. The summed E-state index contributed by atoms with van der Waals surface area (Å²) < 4.78 is 0. The molecule has 1 aliphatic rings. The van der Waals surface area contributed by atoms with E-state index in [1.807, 2.05) is 12.1 Å². The summed E-state index contributed by atoms with van der Waals surface area (Å²) in [4.78, 5) is 15.9. The Balaban J connectivity index is 1.99. The van der Waals surface area contributed by atoms with Crippen molar-refractivity contribution in [1.29, 1.82) is 0 Å². The number of nitrogens with zero attached hydrogens (tertiary/aromatic N) is 2. The molecule has 0 aromatic heterocycles. The molecule has 3 N–H and O–H groups in total. The quantitative estimate of drug-likeness (QED) is 0.831. The minimum absolute atomic E-state index is 0.0275. The van der Waals surface area contributed by atoms with Crippen molar-refractivity contribution in [3.8, 4) is 0 Å². The standard InChI is InChI=1S/C16H26N4O/c1-19(2)16(21)12-7-8-15(14(17)10-12)18-11-13-6-4-5-9-20(13)3/h7-8,10,13,18H,4-6,9,11,17H2,1-3H3. The van der Waals surface area contributed by atoms with Gasteiger partial charge < -0.3 is 20.9 Å². The fourth-order valence-electron chi connectivity index (χ4n) is 2.74. The lowest BCUT2D eigenvalue weighted by Gasteiger charge is -2.32. The van der Waals surface area contributed by atoms with Crippen LogP contribution in [0.2, 0.25) is 0 Å². The Morgan fingerprint density at radius 3 is 2.81 bits per heavy atom. The molecule has 1 amide bonds.